The maximum atomic E-state index is 12.4. The van der Waals surface area contributed by atoms with Gasteiger partial charge in [-0.2, -0.15) is 8.78 Å². The van der Waals surface area contributed by atoms with E-state index in [0.717, 1.165) is 4.90 Å². The first-order valence-electron chi connectivity index (χ1n) is 7.54. The van der Waals surface area contributed by atoms with Gasteiger partial charge in [0.2, 0.25) is 5.91 Å². The van der Waals surface area contributed by atoms with Crippen LogP contribution >= 0.6 is 11.8 Å². The fourth-order valence-electron chi connectivity index (χ4n) is 2.03. The molecule has 1 atom stereocenters. The molecule has 1 amide bonds. The van der Waals surface area contributed by atoms with E-state index < -0.39 is 6.61 Å². The lowest BCUT2D eigenvalue weighted by Crippen LogP contribution is -2.30. The number of carbonyl (C=O) groups excluding carboxylic acids is 1. The summed E-state index contributed by atoms with van der Waals surface area (Å²) in [6.07, 6.45) is 0. The molecule has 0 aliphatic heterocycles. The molecule has 0 aliphatic rings. The second kappa shape index (κ2) is 9.27. The number of halogens is 2. The Bertz CT molecular complexity index is 652. The van der Waals surface area contributed by atoms with Gasteiger partial charge in [0.25, 0.3) is 0 Å². The number of benzene rings is 2. The third kappa shape index (κ3) is 5.85. The Balaban J connectivity index is 1.84. The lowest BCUT2D eigenvalue weighted by molar-refractivity contribution is -0.124. The lowest BCUT2D eigenvalue weighted by Gasteiger charge is -2.14. The molecule has 0 radical (unpaired) electrons. The van der Waals surface area contributed by atoms with Crippen molar-refractivity contribution in [3.63, 3.8) is 0 Å². The zero-order valence-corrected chi connectivity index (χ0v) is 14.1. The van der Waals surface area contributed by atoms with Gasteiger partial charge in [0.1, 0.15) is 5.75 Å². The summed E-state index contributed by atoms with van der Waals surface area (Å²) < 4.78 is 29.2. The monoisotopic (exact) mass is 351 g/mol. The molecule has 0 bridgehead atoms. The maximum absolute atomic E-state index is 12.4. The van der Waals surface area contributed by atoms with Crippen LogP contribution in [-0.4, -0.2) is 18.3 Å². The number of hydrogen-bond acceptors (Lipinski definition) is 3. The zero-order chi connectivity index (χ0) is 17.4. The summed E-state index contributed by atoms with van der Waals surface area (Å²) in [5.41, 5.74) is 0.522. The molecule has 0 saturated carbocycles. The van der Waals surface area contributed by atoms with Gasteiger partial charge in [0.05, 0.1) is 0 Å². The number of amides is 1. The van der Waals surface area contributed by atoms with Crippen molar-refractivity contribution in [2.75, 3.05) is 5.75 Å². The first-order valence-corrected chi connectivity index (χ1v) is 8.53. The normalized spacial score (nSPS) is 12.0. The minimum absolute atomic E-state index is 0.0825. The van der Waals surface area contributed by atoms with Crippen molar-refractivity contribution < 1.29 is 18.3 Å². The highest BCUT2D eigenvalue weighted by molar-refractivity contribution is 7.99. The van der Waals surface area contributed by atoms with Crippen molar-refractivity contribution in [1.82, 2.24) is 5.32 Å². The Hall–Kier alpha value is -2.08. The molecule has 3 nitrogen and oxygen atoms in total. The summed E-state index contributed by atoms with van der Waals surface area (Å²) in [6.45, 7) is -0.891. The second-order valence-electron chi connectivity index (χ2n) is 5.23. The summed E-state index contributed by atoms with van der Waals surface area (Å²) in [5, 5.41) is 2.77. The van der Waals surface area contributed by atoms with Gasteiger partial charge in [-0.05, 0) is 18.2 Å². The second-order valence-corrected chi connectivity index (χ2v) is 6.32. The van der Waals surface area contributed by atoms with E-state index in [1.807, 2.05) is 37.3 Å². The summed E-state index contributed by atoms with van der Waals surface area (Å²) >= 11 is 1.61. The number of hydrogen-bond donors (Lipinski definition) is 1. The highest BCUT2D eigenvalue weighted by Crippen LogP contribution is 2.22. The van der Waals surface area contributed by atoms with Crippen LogP contribution in [0.3, 0.4) is 0 Å². The van der Waals surface area contributed by atoms with Crippen LogP contribution in [0.2, 0.25) is 0 Å². The van der Waals surface area contributed by atoms with Crippen molar-refractivity contribution in [2.24, 2.45) is 5.92 Å². The van der Waals surface area contributed by atoms with Gasteiger partial charge in [0, 0.05) is 28.7 Å². The number of para-hydroxylation sites is 1. The molecule has 0 spiro atoms. The molecule has 6 heteroatoms. The number of nitrogens with one attached hydrogen (secondary N) is 1. The Labute approximate surface area is 144 Å². The molecule has 128 valence electrons. The van der Waals surface area contributed by atoms with Crippen LogP contribution in [0.25, 0.3) is 0 Å². The fraction of sp³-hybridized carbons (Fsp3) is 0.278. The quantitative estimate of drug-likeness (QED) is 0.719. The topological polar surface area (TPSA) is 38.3 Å². The van der Waals surface area contributed by atoms with Crippen molar-refractivity contribution in [3.05, 3.63) is 60.2 Å². The van der Waals surface area contributed by atoms with E-state index in [0.29, 0.717) is 11.3 Å². The molecule has 0 fully saturated rings. The van der Waals surface area contributed by atoms with Crippen LogP contribution in [0.4, 0.5) is 8.78 Å². The highest BCUT2D eigenvalue weighted by Gasteiger charge is 2.15. The summed E-state index contributed by atoms with van der Waals surface area (Å²) in [6, 6.07) is 16.3. The van der Waals surface area contributed by atoms with Crippen molar-refractivity contribution in [1.29, 1.82) is 0 Å². The molecule has 2 rings (SSSR count). The Kier molecular flexibility index (Phi) is 7.06. The summed E-state index contributed by atoms with van der Waals surface area (Å²) in [7, 11) is 0. The molecule has 0 saturated heterocycles. The van der Waals surface area contributed by atoms with Crippen LogP contribution < -0.4 is 10.1 Å². The van der Waals surface area contributed by atoms with Crippen molar-refractivity contribution in [3.8, 4) is 5.75 Å². The van der Waals surface area contributed by atoms with Gasteiger partial charge in [-0.3, -0.25) is 4.79 Å². The van der Waals surface area contributed by atoms with E-state index >= 15 is 0 Å². The van der Waals surface area contributed by atoms with Crippen LogP contribution in [0.1, 0.15) is 12.5 Å². The van der Waals surface area contributed by atoms with Gasteiger partial charge >= 0.3 is 6.61 Å². The van der Waals surface area contributed by atoms with E-state index in [-0.39, 0.29) is 24.1 Å². The lowest BCUT2D eigenvalue weighted by atomic mass is 10.1. The minimum Gasteiger partial charge on any atom is -0.434 e. The van der Waals surface area contributed by atoms with Crippen LogP contribution in [-0.2, 0) is 11.3 Å². The first kappa shape index (κ1) is 18.3. The van der Waals surface area contributed by atoms with Gasteiger partial charge in [-0.25, -0.2) is 0 Å². The van der Waals surface area contributed by atoms with Gasteiger partial charge in [0.15, 0.2) is 0 Å². The third-order valence-corrected chi connectivity index (χ3v) is 4.60. The molecule has 2 aromatic carbocycles. The Morgan fingerprint density at radius 1 is 1.12 bits per heavy atom. The van der Waals surface area contributed by atoms with Crippen LogP contribution in [0, 0.1) is 5.92 Å². The third-order valence-electron chi connectivity index (χ3n) is 3.33. The van der Waals surface area contributed by atoms with E-state index in [1.54, 1.807) is 30.0 Å². The molecule has 0 aromatic heterocycles. The smallest absolute Gasteiger partial charge is 0.387 e. The van der Waals surface area contributed by atoms with Crippen molar-refractivity contribution >= 4 is 17.7 Å². The standard InChI is InChI=1S/C18H19F2NO2S/c1-13(12-24-15-8-3-2-4-9-15)17(22)21-11-14-7-5-6-10-16(14)23-18(19)20/h2-10,13,18H,11-12H2,1H3,(H,21,22). The molecular formula is C18H19F2NO2S. The molecule has 0 aliphatic carbocycles. The zero-order valence-electron chi connectivity index (χ0n) is 13.2. The molecule has 1 N–H and O–H groups in total. The van der Waals surface area contributed by atoms with Crippen LogP contribution in [0.5, 0.6) is 5.75 Å². The number of alkyl halides is 2. The number of ether oxygens (including phenoxy) is 1. The minimum atomic E-state index is -2.89. The van der Waals surface area contributed by atoms with E-state index in [4.69, 9.17) is 0 Å². The van der Waals surface area contributed by atoms with Crippen LogP contribution in [0.15, 0.2) is 59.5 Å². The molecule has 24 heavy (non-hydrogen) atoms. The predicted molar refractivity (Wildman–Crippen MR) is 91.3 cm³/mol. The molecule has 2 aromatic rings. The Morgan fingerprint density at radius 2 is 1.79 bits per heavy atom. The van der Waals surface area contributed by atoms with Gasteiger partial charge in [-0.1, -0.05) is 43.3 Å². The Morgan fingerprint density at radius 3 is 2.50 bits per heavy atom. The SMILES string of the molecule is CC(CSc1ccccc1)C(=O)NCc1ccccc1OC(F)F. The van der Waals surface area contributed by atoms with E-state index in [1.165, 1.54) is 6.07 Å². The predicted octanol–water partition coefficient (Wildman–Crippen LogP) is 4.33. The molecule has 1 unspecified atom stereocenters. The average Bonchev–Trinajstić information content (AvgIpc) is 2.59. The average molecular weight is 351 g/mol. The summed E-state index contributed by atoms with van der Waals surface area (Å²) in [5.74, 6) is 0.410. The van der Waals surface area contributed by atoms with Gasteiger partial charge in [-0.15, -0.1) is 11.8 Å². The first-order chi connectivity index (χ1) is 11.6. The number of rotatable bonds is 8. The number of carbonyl (C=O) groups is 1. The molecular weight excluding hydrogens is 332 g/mol. The fourth-order valence-corrected chi connectivity index (χ4v) is 2.97. The van der Waals surface area contributed by atoms with Gasteiger partial charge < -0.3 is 10.1 Å². The maximum Gasteiger partial charge on any atom is 0.387 e. The van der Waals surface area contributed by atoms with Crippen molar-refractivity contribution in [2.45, 2.75) is 25.0 Å². The van der Waals surface area contributed by atoms with E-state index in [2.05, 4.69) is 10.1 Å². The highest BCUT2D eigenvalue weighted by atomic mass is 32.2. The van der Waals surface area contributed by atoms with E-state index in [9.17, 15) is 13.6 Å². The molecule has 0 heterocycles. The largest absolute Gasteiger partial charge is 0.434 e. The number of thioether (sulfide) groups is 1. The summed E-state index contributed by atoms with van der Waals surface area (Å²) in [4.78, 5) is 13.3.